The van der Waals surface area contributed by atoms with Gasteiger partial charge in [-0.05, 0) is 20.8 Å². The van der Waals surface area contributed by atoms with Crippen LogP contribution in [0, 0.1) is 6.92 Å². The maximum absolute atomic E-state index is 11.3. The summed E-state index contributed by atoms with van der Waals surface area (Å²) in [5, 5.41) is 3.08. The van der Waals surface area contributed by atoms with Gasteiger partial charge in [-0.2, -0.15) is 4.98 Å². The minimum absolute atomic E-state index is 0.0430. The molecule has 1 heterocycles. The molecule has 14 heavy (non-hydrogen) atoms. The van der Waals surface area contributed by atoms with Crippen LogP contribution < -0.4 is 4.72 Å². The van der Waals surface area contributed by atoms with Crippen molar-refractivity contribution in [1.82, 2.24) is 14.9 Å². The van der Waals surface area contributed by atoms with Crippen molar-refractivity contribution in [2.24, 2.45) is 0 Å². The zero-order chi connectivity index (χ0) is 10.8. The van der Waals surface area contributed by atoms with Gasteiger partial charge in [-0.3, -0.25) is 0 Å². The Hall–Kier alpha value is -0.950. The summed E-state index contributed by atoms with van der Waals surface area (Å²) >= 11 is 0. The van der Waals surface area contributed by atoms with E-state index in [-0.39, 0.29) is 12.4 Å². The van der Waals surface area contributed by atoms with Gasteiger partial charge in [0.25, 0.3) is 0 Å². The number of hydrogen-bond acceptors (Lipinski definition) is 5. The summed E-state index contributed by atoms with van der Waals surface area (Å²) in [4.78, 5) is 3.87. The standard InChI is InChI=1S/C7H13N3O3S/c1-5(2)14(11,12)8-4-7-9-6(3)10-13-7/h5,8H,4H2,1-3H3. The molecule has 0 saturated carbocycles. The molecular weight excluding hydrogens is 206 g/mol. The lowest BCUT2D eigenvalue weighted by molar-refractivity contribution is 0.371. The molecule has 0 spiro atoms. The van der Waals surface area contributed by atoms with Crippen LogP contribution in [0.2, 0.25) is 0 Å². The predicted octanol–water partition coefficient (Wildman–Crippen LogP) is 0.206. The fourth-order valence-corrected chi connectivity index (χ4v) is 1.40. The molecule has 0 aromatic carbocycles. The Bertz CT molecular complexity index is 396. The maximum Gasteiger partial charge on any atom is 0.241 e. The molecule has 0 atom stereocenters. The number of hydrogen-bond donors (Lipinski definition) is 1. The van der Waals surface area contributed by atoms with Gasteiger partial charge in [0.05, 0.1) is 11.8 Å². The Morgan fingerprint density at radius 3 is 2.57 bits per heavy atom. The molecule has 0 radical (unpaired) electrons. The third-order valence-electron chi connectivity index (χ3n) is 1.61. The van der Waals surface area contributed by atoms with Gasteiger partial charge in [0, 0.05) is 0 Å². The monoisotopic (exact) mass is 219 g/mol. The van der Waals surface area contributed by atoms with Gasteiger partial charge in [-0.15, -0.1) is 0 Å². The Kier molecular flexibility index (Phi) is 3.22. The van der Waals surface area contributed by atoms with Gasteiger partial charge in [0.1, 0.15) is 0 Å². The molecule has 0 unspecified atom stereocenters. The molecule has 0 bridgehead atoms. The van der Waals surface area contributed by atoms with Crippen LogP contribution in [-0.2, 0) is 16.6 Å². The summed E-state index contributed by atoms with van der Waals surface area (Å²) in [6.07, 6.45) is 0. The van der Waals surface area contributed by atoms with Crippen LogP contribution in [-0.4, -0.2) is 23.8 Å². The van der Waals surface area contributed by atoms with Crippen LogP contribution in [0.3, 0.4) is 0 Å². The van der Waals surface area contributed by atoms with Crippen molar-refractivity contribution in [2.45, 2.75) is 32.6 Å². The van der Waals surface area contributed by atoms with E-state index in [1.807, 2.05) is 0 Å². The summed E-state index contributed by atoms with van der Waals surface area (Å²) in [6.45, 7) is 4.91. The normalized spacial score (nSPS) is 12.3. The molecule has 0 aliphatic heterocycles. The number of aryl methyl sites for hydroxylation is 1. The first-order valence-corrected chi connectivity index (χ1v) is 5.74. The third-order valence-corrected chi connectivity index (χ3v) is 3.40. The SMILES string of the molecule is Cc1noc(CNS(=O)(=O)C(C)C)n1. The van der Waals surface area contributed by atoms with Crippen LogP contribution in [0.15, 0.2) is 4.52 Å². The Morgan fingerprint density at radius 2 is 2.14 bits per heavy atom. The first-order chi connectivity index (χ1) is 6.42. The summed E-state index contributed by atoms with van der Waals surface area (Å²) in [5.74, 6) is 0.760. The van der Waals surface area contributed by atoms with E-state index in [9.17, 15) is 8.42 Å². The molecular formula is C7H13N3O3S. The highest BCUT2D eigenvalue weighted by atomic mass is 32.2. The minimum atomic E-state index is -3.26. The summed E-state index contributed by atoms with van der Waals surface area (Å²) in [6, 6.07) is 0. The van der Waals surface area contributed by atoms with Gasteiger partial charge >= 0.3 is 0 Å². The average Bonchev–Trinajstić information content (AvgIpc) is 2.48. The van der Waals surface area contributed by atoms with Gasteiger partial charge in [0.15, 0.2) is 5.82 Å². The van der Waals surface area contributed by atoms with E-state index in [0.717, 1.165) is 0 Å². The molecule has 0 saturated heterocycles. The largest absolute Gasteiger partial charge is 0.338 e. The first-order valence-electron chi connectivity index (χ1n) is 4.19. The highest BCUT2D eigenvalue weighted by molar-refractivity contribution is 7.90. The van der Waals surface area contributed by atoms with E-state index in [2.05, 4.69) is 14.9 Å². The van der Waals surface area contributed by atoms with Crippen LogP contribution in [0.25, 0.3) is 0 Å². The van der Waals surface area contributed by atoms with E-state index in [1.54, 1.807) is 20.8 Å². The predicted molar refractivity (Wildman–Crippen MR) is 49.9 cm³/mol. The third kappa shape index (κ3) is 2.78. The van der Waals surface area contributed by atoms with Crippen molar-refractivity contribution in [1.29, 1.82) is 0 Å². The molecule has 0 aliphatic rings. The number of aromatic nitrogens is 2. The Morgan fingerprint density at radius 1 is 1.50 bits per heavy atom. The lowest BCUT2D eigenvalue weighted by Crippen LogP contribution is -2.30. The van der Waals surface area contributed by atoms with Crippen LogP contribution in [0.4, 0.5) is 0 Å². The van der Waals surface area contributed by atoms with E-state index in [4.69, 9.17) is 4.52 Å². The van der Waals surface area contributed by atoms with Crippen molar-refractivity contribution in [3.63, 3.8) is 0 Å². The van der Waals surface area contributed by atoms with Gasteiger partial charge in [-0.1, -0.05) is 5.16 Å². The van der Waals surface area contributed by atoms with E-state index in [0.29, 0.717) is 5.82 Å². The fourth-order valence-electron chi connectivity index (χ4n) is 0.741. The first kappa shape index (κ1) is 11.1. The molecule has 0 amide bonds. The second-order valence-electron chi connectivity index (χ2n) is 3.15. The van der Waals surface area contributed by atoms with Crippen LogP contribution in [0.5, 0.6) is 0 Å². The Labute approximate surface area is 82.8 Å². The molecule has 1 rings (SSSR count). The second-order valence-corrected chi connectivity index (χ2v) is 5.47. The number of rotatable bonds is 4. The molecule has 7 heteroatoms. The van der Waals surface area contributed by atoms with Crippen molar-refractivity contribution < 1.29 is 12.9 Å². The summed E-state index contributed by atoms with van der Waals surface area (Å²) < 4.78 is 29.7. The zero-order valence-corrected chi connectivity index (χ0v) is 9.13. The van der Waals surface area contributed by atoms with E-state index >= 15 is 0 Å². The fraction of sp³-hybridized carbons (Fsp3) is 0.714. The van der Waals surface area contributed by atoms with E-state index in [1.165, 1.54) is 0 Å². The highest BCUT2D eigenvalue weighted by Crippen LogP contribution is 2.00. The molecule has 1 aromatic rings. The molecule has 0 aliphatic carbocycles. The van der Waals surface area contributed by atoms with Crippen molar-refractivity contribution >= 4 is 10.0 Å². The lowest BCUT2D eigenvalue weighted by Gasteiger charge is -2.06. The Balaban J connectivity index is 2.57. The topological polar surface area (TPSA) is 85.1 Å². The molecule has 1 aromatic heterocycles. The molecule has 0 fully saturated rings. The van der Waals surface area contributed by atoms with Crippen LogP contribution >= 0.6 is 0 Å². The zero-order valence-electron chi connectivity index (χ0n) is 8.31. The second kappa shape index (κ2) is 4.05. The van der Waals surface area contributed by atoms with Gasteiger partial charge < -0.3 is 4.52 Å². The maximum atomic E-state index is 11.3. The average molecular weight is 219 g/mol. The highest BCUT2D eigenvalue weighted by Gasteiger charge is 2.16. The number of sulfonamides is 1. The van der Waals surface area contributed by atoms with Crippen molar-refractivity contribution in [2.75, 3.05) is 0 Å². The number of nitrogens with one attached hydrogen (secondary N) is 1. The lowest BCUT2D eigenvalue weighted by atomic mass is 10.6. The van der Waals surface area contributed by atoms with Gasteiger partial charge in [0.2, 0.25) is 15.9 Å². The smallest absolute Gasteiger partial charge is 0.241 e. The van der Waals surface area contributed by atoms with Crippen molar-refractivity contribution in [3.8, 4) is 0 Å². The quantitative estimate of drug-likeness (QED) is 0.782. The van der Waals surface area contributed by atoms with Crippen LogP contribution in [0.1, 0.15) is 25.6 Å². The summed E-state index contributed by atoms with van der Waals surface area (Å²) in [7, 11) is -3.26. The van der Waals surface area contributed by atoms with Gasteiger partial charge in [-0.25, -0.2) is 13.1 Å². The summed E-state index contributed by atoms with van der Waals surface area (Å²) in [5.41, 5.74) is 0. The molecule has 6 nitrogen and oxygen atoms in total. The van der Waals surface area contributed by atoms with E-state index < -0.39 is 15.3 Å². The molecule has 80 valence electrons. The minimum Gasteiger partial charge on any atom is -0.338 e. The molecule has 1 N–H and O–H groups in total. The number of nitrogens with zero attached hydrogens (tertiary/aromatic N) is 2. The van der Waals surface area contributed by atoms with Crippen molar-refractivity contribution in [3.05, 3.63) is 11.7 Å².